The van der Waals surface area contributed by atoms with Gasteiger partial charge in [0.1, 0.15) is 16.7 Å². The Hall–Kier alpha value is -3.73. The third-order valence-electron chi connectivity index (χ3n) is 7.51. The summed E-state index contributed by atoms with van der Waals surface area (Å²) in [5, 5.41) is 2.74. The number of hydrogen-bond acceptors (Lipinski definition) is 6. The van der Waals surface area contributed by atoms with Crippen LogP contribution in [0.5, 0.6) is 0 Å². The fourth-order valence-corrected chi connectivity index (χ4v) is 5.57. The first kappa shape index (κ1) is 29.8. The van der Waals surface area contributed by atoms with Crippen molar-refractivity contribution in [3.63, 3.8) is 0 Å². The summed E-state index contributed by atoms with van der Waals surface area (Å²) in [5.41, 5.74) is 10.2. The third-order valence-corrected chi connectivity index (χ3v) is 7.91. The molecule has 4 N–H and O–H groups in total. The van der Waals surface area contributed by atoms with Gasteiger partial charge in [-0.15, -0.1) is 0 Å². The van der Waals surface area contributed by atoms with Gasteiger partial charge >= 0.3 is 6.18 Å². The fourth-order valence-electron chi connectivity index (χ4n) is 5.40. The molecule has 42 heavy (non-hydrogen) atoms. The van der Waals surface area contributed by atoms with Gasteiger partial charge in [0, 0.05) is 38.5 Å². The maximum atomic E-state index is 13.2. The van der Waals surface area contributed by atoms with E-state index in [9.17, 15) is 13.2 Å². The van der Waals surface area contributed by atoms with Crippen LogP contribution in [0.3, 0.4) is 0 Å². The number of aliphatic imine (C=N–C) groups is 1. The number of nitrogens with zero attached hydrogens (tertiary/aromatic N) is 4. The Morgan fingerprint density at radius 2 is 1.86 bits per heavy atom. The van der Waals surface area contributed by atoms with Gasteiger partial charge in [0.05, 0.1) is 29.3 Å². The van der Waals surface area contributed by atoms with E-state index in [1.807, 2.05) is 60.8 Å². The molecule has 1 aliphatic rings. The molecule has 1 aliphatic carbocycles. The van der Waals surface area contributed by atoms with Crippen molar-refractivity contribution in [3.05, 3.63) is 106 Å². The summed E-state index contributed by atoms with van der Waals surface area (Å²) in [6, 6.07) is 20.4. The molecular formula is C31H33ClF3N7. The van der Waals surface area contributed by atoms with Crippen molar-refractivity contribution in [1.29, 1.82) is 0 Å². The van der Waals surface area contributed by atoms with Crippen LogP contribution in [0, 0.1) is 0 Å². The van der Waals surface area contributed by atoms with E-state index in [2.05, 4.69) is 26.3 Å². The minimum Gasteiger partial charge on any atom is -0.394 e. The average Bonchev–Trinajstić information content (AvgIpc) is 3.41. The molecule has 0 bridgehead atoms. The van der Waals surface area contributed by atoms with E-state index in [-0.39, 0.29) is 23.3 Å². The van der Waals surface area contributed by atoms with Crippen molar-refractivity contribution < 1.29 is 13.2 Å². The van der Waals surface area contributed by atoms with Crippen LogP contribution in [-0.2, 0) is 26.1 Å². The predicted molar refractivity (Wildman–Crippen MR) is 160 cm³/mol. The van der Waals surface area contributed by atoms with Gasteiger partial charge in [-0.3, -0.25) is 14.9 Å². The first-order chi connectivity index (χ1) is 20.2. The Morgan fingerprint density at radius 3 is 2.60 bits per heavy atom. The Labute approximate surface area is 247 Å². The number of allylic oxidation sites excluding steroid dienone is 1. The van der Waals surface area contributed by atoms with Gasteiger partial charge in [0.25, 0.3) is 0 Å². The molecule has 2 aromatic heterocycles. The molecule has 0 amide bonds. The molecule has 11 heteroatoms. The van der Waals surface area contributed by atoms with Crippen molar-refractivity contribution in [3.8, 4) is 0 Å². The van der Waals surface area contributed by atoms with Crippen molar-refractivity contribution >= 4 is 27.8 Å². The molecule has 1 unspecified atom stereocenters. The molecule has 0 radical (unpaired) electrons. The number of rotatable bonds is 10. The number of aromatic amines is 1. The van der Waals surface area contributed by atoms with Crippen LogP contribution in [0.2, 0.25) is 0 Å². The first-order valence-corrected chi connectivity index (χ1v) is 14.2. The van der Waals surface area contributed by atoms with Gasteiger partial charge < -0.3 is 16.0 Å². The second kappa shape index (κ2) is 13.1. The standard InChI is InChI=1S/C31H33ClF3N7/c1-37-30(32)23(29(36)31(33,34)35)17-38-16-20-11-13-21(14-12-20)18-42(19-27-40-24-8-2-3-9-25(24)41-27)26-10-4-6-22-7-5-15-39-28(22)26/h2-3,5,7-9,11-15,26,38H,4,6,10,16-19,36H2,1H3,(H,40,41). The number of imidazole rings is 1. The number of nitrogens with two attached hydrogens (primary N) is 1. The van der Waals surface area contributed by atoms with E-state index in [1.54, 1.807) is 0 Å². The predicted octanol–water partition coefficient (Wildman–Crippen LogP) is 6.17. The molecule has 0 saturated heterocycles. The zero-order chi connectivity index (χ0) is 29.7. The number of benzene rings is 2. The number of aryl methyl sites for hydroxylation is 1. The van der Waals surface area contributed by atoms with E-state index < -0.39 is 11.9 Å². The monoisotopic (exact) mass is 595 g/mol. The molecule has 5 rings (SSSR count). The highest BCUT2D eigenvalue weighted by atomic mass is 35.5. The highest BCUT2D eigenvalue weighted by molar-refractivity contribution is 6.69. The maximum absolute atomic E-state index is 13.2. The lowest BCUT2D eigenvalue weighted by Gasteiger charge is -2.34. The largest absolute Gasteiger partial charge is 0.431 e. The van der Waals surface area contributed by atoms with E-state index >= 15 is 0 Å². The van der Waals surface area contributed by atoms with Gasteiger partial charge in [-0.2, -0.15) is 13.2 Å². The number of aromatic nitrogens is 3. The SMILES string of the molecule is CN=C(Cl)C(CNCc1ccc(CN(Cc2nc3ccccc3[nH]2)C2CCCc3cccnc32)cc1)=C(N)C(F)(F)F. The topological polar surface area (TPSA) is 95.2 Å². The highest BCUT2D eigenvalue weighted by Crippen LogP contribution is 2.35. The van der Waals surface area contributed by atoms with Crippen LogP contribution < -0.4 is 11.1 Å². The molecule has 1 atom stereocenters. The minimum atomic E-state index is -4.69. The summed E-state index contributed by atoms with van der Waals surface area (Å²) in [6.07, 6.45) is 0.299. The summed E-state index contributed by atoms with van der Waals surface area (Å²) in [4.78, 5) is 19.2. The average molecular weight is 596 g/mol. The van der Waals surface area contributed by atoms with Crippen LogP contribution in [0.4, 0.5) is 13.2 Å². The van der Waals surface area contributed by atoms with E-state index in [1.165, 1.54) is 12.6 Å². The van der Waals surface area contributed by atoms with Crippen LogP contribution in [0.25, 0.3) is 11.0 Å². The van der Waals surface area contributed by atoms with E-state index in [4.69, 9.17) is 27.3 Å². The lowest BCUT2D eigenvalue weighted by molar-refractivity contribution is -0.0932. The quantitative estimate of drug-likeness (QED) is 0.191. The molecule has 2 aromatic carbocycles. The summed E-state index contributed by atoms with van der Waals surface area (Å²) in [5.74, 6) is 0.899. The minimum absolute atomic E-state index is 0.152. The molecule has 220 valence electrons. The van der Waals surface area contributed by atoms with Crippen LogP contribution in [0.15, 0.2) is 83.1 Å². The highest BCUT2D eigenvalue weighted by Gasteiger charge is 2.35. The molecule has 0 aliphatic heterocycles. The number of pyridine rings is 1. The van der Waals surface area contributed by atoms with Crippen molar-refractivity contribution in [2.75, 3.05) is 13.6 Å². The Bertz CT molecular complexity index is 1540. The number of nitrogens with one attached hydrogen (secondary N) is 2. The number of halogens is 4. The Balaban J connectivity index is 1.31. The van der Waals surface area contributed by atoms with E-state index in [0.717, 1.165) is 52.9 Å². The van der Waals surface area contributed by atoms with Crippen LogP contribution in [0.1, 0.15) is 47.1 Å². The molecule has 0 fully saturated rings. The van der Waals surface area contributed by atoms with Crippen molar-refractivity contribution in [1.82, 2.24) is 25.2 Å². The second-order valence-corrected chi connectivity index (χ2v) is 10.7. The van der Waals surface area contributed by atoms with Crippen LogP contribution >= 0.6 is 11.6 Å². The summed E-state index contributed by atoms with van der Waals surface area (Å²) in [7, 11) is 1.32. The summed E-state index contributed by atoms with van der Waals surface area (Å²) >= 11 is 5.92. The summed E-state index contributed by atoms with van der Waals surface area (Å²) < 4.78 is 39.5. The maximum Gasteiger partial charge on any atom is 0.431 e. The molecule has 0 spiro atoms. The zero-order valence-electron chi connectivity index (χ0n) is 23.3. The summed E-state index contributed by atoms with van der Waals surface area (Å²) in [6.45, 7) is 1.49. The molecule has 0 saturated carbocycles. The van der Waals surface area contributed by atoms with Crippen molar-refractivity contribution in [2.45, 2.75) is 51.1 Å². The molecular weight excluding hydrogens is 563 g/mol. The zero-order valence-corrected chi connectivity index (χ0v) is 24.0. The third kappa shape index (κ3) is 7.00. The fraction of sp³-hybridized carbons (Fsp3) is 0.323. The van der Waals surface area contributed by atoms with Gasteiger partial charge in [-0.05, 0) is 54.2 Å². The first-order valence-electron chi connectivity index (χ1n) is 13.8. The Kier molecular flexibility index (Phi) is 9.25. The Morgan fingerprint density at radius 1 is 1.10 bits per heavy atom. The molecule has 2 heterocycles. The number of fused-ring (bicyclic) bond motifs is 2. The number of alkyl halides is 3. The van der Waals surface area contributed by atoms with Crippen molar-refractivity contribution in [2.24, 2.45) is 10.7 Å². The normalized spacial score (nSPS) is 16.5. The van der Waals surface area contributed by atoms with Gasteiger partial charge in [-0.25, -0.2) is 4.98 Å². The molecule has 7 nitrogen and oxygen atoms in total. The lowest BCUT2D eigenvalue weighted by atomic mass is 9.90. The van der Waals surface area contributed by atoms with Gasteiger partial charge in [0.15, 0.2) is 0 Å². The van der Waals surface area contributed by atoms with E-state index in [0.29, 0.717) is 19.6 Å². The number of hydrogen-bond donors (Lipinski definition) is 3. The van der Waals surface area contributed by atoms with Crippen LogP contribution in [-0.4, -0.2) is 44.8 Å². The smallest absolute Gasteiger partial charge is 0.394 e. The lowest BCUT2D eigenvalue weighted by Crippen LogP contribution is -2.31. The second-order valence-electron chi connectivity index (χ2n) is 10.4. The number of para-hydroxylation sites is 2. The van der Waals surface area contributed by atoms with Gasteiger partial charge in [-0.1, -0.05) is 54.1 Å². The molecule has 4 aromatic rings. The number of H-pyrrole nitrogens is 1. The van der Waals surface area contributed by atoms with Gasteiger partial charge in [0.2, 0.25) is 0 Å².